The van der Waals surface area contributed by atoms with E-state index in [-0.39, 0.29) is 0 Å². The molecule has 0 heterocycles. The minimum absolute atomic E-state index is 0.650. The van der Waals surface area contributed by atoms with Crippen LogP contribution in [0.1, 0.15) is 11.1 Å². The molecule has 18 heavy (non-hydrogen) atoms. The second-order valence-corrected chi connectivity index (χ2v) is 3.82. The van der Waals surface area contributed by atoms with Crippen LogP contribution >= 0.6 is 0 Å². The zero-order valence-corrected chi connectivity index (χ0v) is 9.85. The van der Waals surface area contributed by atoms with E-state index in [9.17, 15) is 0 Å². The molecule has 2 heteroatoms. The van der Waals surface area contributed by atoms with Crippen molar-refractivity contribution in [2.24, 2.45) is 0 Å². The molecule has 0 aliphatic carbocycles. The maximum Gasteiger partial charge on any atom is 0.0998 e. The molecule has 0 unspecified atom stereocenters. The van der Waals surface area contributed by atoms with Crippen molar-refractivity contribution in [3.8, 4) is 6.07 Å². The van der Waals surface area contributed by atoms with Crippen LogP contribution in [-0.2, 0) is 0 Å². The topological polar surface area (TPSA) is 47.6 Å². The molecule has 0 spiro atoms. The molecule has 1 N–H and O–H groups in total. The van der Waals surface area contributed by atoms with Gasteiger partial charge in [-0.1, -0.05) is 49.1 Å². The molecule has 2 aromatic rings. The van der Waals surface area contributed by atoms with Gasteiger partial charge in [0.2, 0.25) is 0 Å². The summed E-state index contributed by atoms with van der Waals surface area (Å²) >= 11 is 0. The van der Waals surface area contributed by atoms with Gasteiger partial charge in [0.05, 0.1) is 11.6 Å². The predicted molar refractivity (Wildman–Crippen MR) is 75.6 cm³/mol. The first-order valence-corrected chi connectivity index (χ1v) is 5.57. The molecule has 0 fully saturated rings. The Labute approximate surface area is 106 Å². The summed E-state index contributed by atoms with van der Waals surface area (Å²) in [4.78, 5) is 0. The van der Waals surface area contributed by atoms with Crippen molar-refractivity contribution in [1.29, 1.82) is 10.7 Å². The summed E-state index contributed by atoms with van der Waals surface area (Å²) in [5.74, 6) is 0. The first-order valence-electron chi connectivity index (χ1n) is 5.57. The predicted octanol–water partition coefficient (Wildman–Crippen LogP) is 3.93. The fourth-order valence-electron chi connectivity index (χ4n) is 1.99. The van der Waals surface area contributed by atoms with Crippen LogP contribution in [0.15, 0.2) is 55.1 Å². The lowest BCUT2D eigenvalue weighted by Gasteiger charge is -2.08. The fraction of sp³-hybridized carbons (Fsp3) is 0. The summed E-state index contributed by atoms with van der Waals surface area (Å²) < 4.78 is 0. The summed E-state index contributed by atoms with van der Waals surface area (Å²) in [6.45, 7) is 3.66. The van der Waals surface area contributed by atoms with E-state index in [0.29, 0.717) is 5.56 Å². The number of nitrogens with zero attached hydrogens (tertiary/aromatic N) is 1. The molecule has 0 aromatic heterocycles. The van der Waals surface area contributed by atoms with Gasteiger partial charge in [-0.2, -0.15) is 5.26 Å². The lowest BCUT2D eigenvalue weighted by atomic mass is 9.95. The highest BCUT2D eigenvalue weighted by molar-refractivity contribution is 6.14. The normalized spacial score (nSPS) is 10.9. The number of fused-ring (bicyclic) bond motifs is 1. The summed E-state index contributed by atoms with van der Waals surface area (Å²) in [6.07, 6.45) is 4.75. The quantitative estimate of drug-likeness (QED) is 0.632. The Kier molecular flexibility index (Phi) is 3.36. The minimum atomic E-state index is 0.650. The number of benzene rings is 2. The highest BCUT2D eigenvalue weighted by Gasteiger charge is 2.07. The van der Waals surface area contributed by atoms with Gasteiger partial charge in [-0.25, -0.2) is 0 Å². The van der Waals surface area contributed by atoms with E-state index in [1.165, 1.54) is 6.21 Å². The minimum Gasteiger partial charge on any atom is -0.308 e. The molecule has 2 aromatic carbocycles. The third-order valence-corrected chi connectivity index (χ3v) is 2.81. The number of rotatable bonds is 3. The Morgan fingerprint density at radius 2 is 1.89 bits per heavy atom. The van der Waals surface area contributed by atoms with E-state index >= 15 is 0 Å². The number of hydrogen-bond donors (Lipinski definition) is 1. The highest BCUT2D eigenvalue weighted by Crippen LogP contribution is 2.26. The lowest BCUT2D eigenvalue weighted by molar-refractivity contribution is 1.50. The summed E-state index contributed by atoms with van der Waals surface area (Å²) in [5.41, 5.74) is 2.38. The van der Waals surface area contributed by atoms with Crippen LogP contribution in [0.5, 0.6) is 0 Å². The Bertz CT molecular complexity index is 688. The molecule has 0 bridgehead atoms. The number of nitrogens with one attached hydrogen (secondary N) is 1. The maximum atomic E-state index is 9.10. The fourth-order valence-corrected chi connectivity index (χ4v) is 1.99. The third kappa shape index (κ3) is 1.94. The maximum absolute atomic E-state index is 9.10. The van der Waals surface area contributed by atoms with Gasteiger partial charge in [0.15, 0.2) is 0 Å². The number of allylic oxidation sites excluding steroid dienone is 3. The van der Waals surface area contributed by atoms with E-state index in [2.05, 4.69) is 12.6 Å². The van der Waals surface area contributed by atoms with Crippen LogP contribution in [0.25, 0.3) is 16.3 Å². The first-order chi connectivity index (χ1) is 8.81. The van der Waals surface area contributed by atoms with E-state index < -0.39 is 0 Å². The molecule has 0 radical (unpaired) electrons. The van der Waals surface area contributed by atoms with Gasteiger partial charge in [0.1, 0.15) is 0 Å². The smallest absolute Gasteiger partial charge is 0.0998 e. The van der Waals surface area contributed by atoms with Gasteiger partial charge in [0.25, 0.3) is 0 Å². The molecule has 0 atom stereocenters. The Hall–Kier alpha value is -2.66. The van der Waals surface area contributed by atoms with Gasteiger partial charge in [-0.3, -0.25) is 0 Å². The van der Waals surface area contributed by atoms with Crippen molar-refractivity contribution in [1.82, 2.24) is 0 Å². The molecule has 0 saturated heterocycles. The Morgan fingerprint density at radius 1 is 1.17 bits per heavy atom. The summed E-state index contributed by atoms with van der Waals surface area (Å²) in [6, 6.07) is 13.6. The third-order valence-electron chi connectivity index (χ3n) is 2.81. The van der Waals surface area contributed by atoms with Crippen molar-refractivity contribution in [3.63, 3.8) is 0 Å². The molecule has 0 saturated carbocycles. The van der Waals surface area contributed by atoms with Crippen molar-refractivity contribution in [2.45, 2.75) is 0 Å². The molecule has 86 valence electrons. The Balaban J connectivity index is 2.82. The average molecular weight is 232 g/mol. The molecule has 0 aliphatic heterocycles. The second kappa shape index (κ2) is 5.11. The van der Waals surface area contributed by atoms with Gasteiger partial charge in [-0.15, -0.1) is 0 Å². The van der Waals surface area contributed by atoms with Crippen LogP contribution in [-0.4, -0.2) is 6.21 Å². The van der Waals surface area contributed by atoms with Crippen LogP contribution in [0.4, 0.5) is 0 Å². The van der Waals surface area contributed by atoms with Gasteiger partial charge < -0.3 is 5.41 Å². The van der Waals surface area contributed by atoms with Gasteiger partial charge >= 0.3 is 0 Å². The largest absolute Gasteiger partial charge is 0.308 e. The van der Waals surface area contributed by atoms with E-state index in [1.807, 2.05) is 30.3 Å². The van der Waals surface area contributed by atoms with Gasteiger partial charge in [-0.05, 0) is 22.6 Å². The molecule has 2 rings (SSSR count). The van der Waals surface area contributed by atoms with E-state index in [4.69, 9.17) is 10.7 Å². The average Bonchev–Trinajstić information content (AvgIpc) is 2.44. The number of nitriles is 1. The highest BCUT2D eigenvalue weighted by atomic mass is 14.3. The molecular formula is C16H12N2. The monoisotopic (exact) mass is 232 g/mol. The molecule has 2 nitrogen and oxygen atoms in total. The summed E-state index contributed by atoms with van der Waals surface area (Å²) in [5, 5.41) is 18.5. The molecular weight excluding hydrogens is 220 g/mol. The van der Waals surface area contributed by atoms with Crippen LogP contribution in [0, 0.1) is 16.7 Å². The molecule has 0 amide bonds. The summed E-state index contributed by atoms with van der Waals surface area (Å²) in [7, 11) is 0. The van der Waals surface area contributed by atoms with Crippen LogP contribution in [0.3, 0.4) is 0 Å². The Morgan fingerprint density at radius 3 is 2.50 bits per heavy atom. The van der Waals surface area contributed by atoms with Crippen LogP contribution < -0.4 is 0 Å². The van der Waals surface area contributed by atoms with E-state index in [1.54, 1.807) is 18.2 Å². The van der Waals surface area contributed by atoms with E-state index in [0.717, 1.165) is 21.9 Å². The second-order valence-electron chi connectivity index (χ2n) is 3.82. The van der Waals surface area contributed by atoms with Crippen molar-refractivity contribution in [2.75, 3.05) is 0 Å². The van der Waals surface area contributed by atoms with Crippen molar-refractivity contribution < 1.29 is 0 Å². The van der Waals surface area contributed by atoms with Crippen LogP contribution in [0.2, 0.25) is 0 Å². The van der Waals surface area contributed by atoms with Crippen molar-refractivity contribution in [3.05, 3.63) is 66.3 Å². The zero-order valence-electron chi connectivity index (χ0n) is 9.85. The first kappa shape index (κ1) is 11.8. The zero-order chi connectivity index (χ0) is 13.0. The van der Waals surface area contributed by atoms with Gasteiger partial charge in [0, 0.05) is 11.6 Å². The lowest BCUT2D eigenvalue weighted by Crippen LogP contribution is -1.90. The van der Waals surface area contributed by atoms with Crippen molar-refractivity contribution >= 4 is 22.6 Å². The standard InChI is InChI=1S/C16H12N2/c1-2-5-12(10-17)15-9-8-13(11-18)14-6-3-4-7-16(14)15/h2-10,17H,1H2/b12-5-,17-10?. The number of hydrogen-bond acceptors (Lipinski definition) is 2. The SMILES string of the molecule is C=C/C=C(/C=N)c1ccc(C#N)c2ccccc12. The molecule has 0 aliphatic rings.